The Kier molecular flexibility index (Phi) is 4.86. The van der Waals surface area contributed by atoms with Crippen LogP contribution >= 0.6 is 0 Å². The smallest absolute Gasteiger partial charge is 0.276 e. The maximum atomic E-state index is 11.3. The molecule has 6 nitrogen and oxygen atoms in total. The molecule has 2 amide bonds. The number of rotatable bonds is 4. The third kappa shape index (κ3) is 4.25. The van der Waals surface area contributed by atoms with Crippen molar-refractivity contribution >= 4 is 17.6 Å². The van der Waals surface area contributed by atoms with Gasteiger partial charge in [0.15, 0.2) is 12.4 Å². The van der Waals surface area contributed by atoms with Crippen LogP contribution in [0.25, 0.3) is 0 Å². The fourth-order valence-corrected chi connectivity index (χ4v) is 1.22. The first-order valence-corrected chi connectivity index (χ1v) is 5.29. The summed E-state index contributed by atoms with van der Waals surface area (Å²) in [4.78, 5) is 33.1. The minimum atomic E-state index is -0.511. The number of hydrazine groups is 1. The van der Waals surface area contributed by atoms with Gasteiger partial charge in [0.05, 0.1) is 5.56 Å². The summed E-state index contributed by atoms with van der Waals surface area (Å²) in [5.74, 6) is -0.702. The van der Waals surface area contributed by atoms with Crippen LogP contribution in [0.3, 0.4) is 0 Å². The van der Waals surface area contributed by atoms with Crippen LogP contribution in [0.4, 0.5) is 0 Å². The minimum absolute atomic E-state index is 0.145. The SMILES string of the molecule is CC(=O)NNC(=O)COc1ccccc1C(C)=O. The molecule has 0 radical (unpaired) electrons. The van der Waals surface area contributed by atoms with E-state index in [1.807, 2.05) is 0 Å². The molecule has 0 saturated heterocycles. The Morgan fingerprint density at radius 3 is 2.39 bits per heavy atom. The predicted octanol–water partition coefficient (Wildman–Crippen LogP) is 0.435. The minimum Gasteiger partial charge on any atom is -0.483 e. The van der Waals surface area contributed by atoms with Gasteiger partial charge in [-0.1, -0.05) is 12.1 Å². The zero-order valence-electron chi connectivity index (χ0n) is 10.1. The quantitative estimate of drug-likeness (QED) is 0.599. The molecule has 0 fully saturated rings. The number of nitrogens with one attached hydrogen (secondary N) is 2. The summed E-state index contributed by atoms with van der Waals surface area (Å²) in [6.07, 6.45) is 0. The molecule has 0 spiro atoms. The first-order chi connectivity index (χ1) is 8.50. The van der Waals surface area contributed by atoms with E-state index in [1.165, 1.54) is 13.8 Å². The van der Waals surface area contributed by atoms with Crippen molar-refractivity contribution in [3.63, 3.8) is 0 Å². The first kappa shape index (κ1) is 13.7. The molecule has 0 unspecified atom stereocenters. The van der Waals surface area contributed by atoms with E-state index in [0.717, 1.165) is 0 Å². The van der Waals surface area contributed by atoms with Gasteiger partial charge in [0, 0.05) is 6.92 Å². The third-order valence-electron chi connectivity index (χ3n) is 2.00. The molecule has 1 rings (SSSR count). The van der Waals surface area contributed by atoms with E-state index in [-0.39, 0.29) is 18.3 Å². The Labute approximate surface area is 104 Å². The van der Waals surface area contributed by atoms with Gasteiger partial charge < -0.3 is 4.74 Å². The van der Waals surface area contributed by atoms with Crippen LogP contribution in [0.15, 0.2) is 24.3 Å². The number of ketones is 1. The number of carbonyl (C=O) groups excluding carboxylic acids is 3. The van der Waals surface area contributed by atoms with Crippen LogP contribution in [0.2, 0.25) is 0 Å². The average Bonchev–Trinajstić information content (AvgIpc) is 2.34. The molecule has 96 valence electrons. The summed E-state index contributed by atoms with van der Waals surface area (Å²) in [7, 11) is 0. The van der Waals surface area contributed by atoms with Gasteiger partial charge in [-0.25, -0.2) is 0 Å². The van der Waals surface area contributed by atoms with Crippen LogP contribution < -0.4 is 15.6 Å². The van der Waals surface area contributed by atoms with Crippen molar-refractivity contribution < 1.29 is 19.1 Å². The summed E-state index contributed by atoms with van der Waals surface area (Å²) in [5, 5.41) is 0. The second-order valence-electron chi connectivity index (χ2n) is 3.57. The molecular weight excluding hydrogens is 236 g/mol. The first-order valence-electron chi connectivity index (χ1n) is 5.29. The molecule has 0 atom stereocenters. The van der Waals surface area contributed by atoms with Gasteiger partial charge in [0.2, 0.25) is 5.91 Å². The number of para-hydroxylation sites is 1. The van der Waals surface area contributed by atoms with Crippen molar-refractivity contribution in [1.82, 2.24) is 10.9 Å². The third-order valence-corrected chi connectivity index (χ3v) is 2.00. The van der Waals surface area contributed by atoms with Crippen molar-refractivity contribution in [2.75, 3.05) is 6.61 Å². The largest absolute Gasteiger partial charge is 0.483 e. The van der Waals surface area contributed by atoms with Gasteiger partial charge in [-0.2, -0.15) is 0 Å². The lowest BCUT2D eigenvalue weighted by Crippen LogP contribution is -2.42. The molecule has 18 heavy (non-hydrogen) atoms. The number of benzene rings is 1. The van der Waals surface area contributed by atoms with Crippen molar-refractivity contribution in [3.8, 4) is 5.75 Å². The molecule has 6 heteroatoms. The highest BCUT2D eigenvalue weighted by atomic mass is 16.5. The summed E-state index contributed by atoms with van der Waals surface area (Å²) >= 11 is 0. The molecule has 1 aromatic rings. The van der Waals surface area contributed by atoms with Crippen LogP contribution in [0, 0.1) is 0 Å². The Balaban J connectivity index is 2.56. The maximum absolute atomic E-state index is 11.3. The van der Waals surface area contributed by atoms with Crippen molar-refractivity contribution in [2.24, 2.45) is 0 Å². The maximum Gasteiger partial charge on any atom is 0.276 e. The second-order valence-corrected chi connectivity index (χ2v) is 3.57. The van der Waals surface area contributed by atoms with Gasteiger partial charge in [0.25, 0.3) is 5.91 Å². The van der Waals surface area contributed by atoms with Crippen LogP contribution in [-0.4, -0.2) is 24.2 Å². The molecular formula is C12H14N2O4. The van der Waals surface area contributed by atoms with Crippen molar-refractivity contribution in [3.05, 3.63) is 29.8 Å². The number of hydrogen-bond donors (Lipinski definition) is 2. The molecule has 0 heterocycles. The zero-order chi connectivity index (χ0) is 13.5. The highest BCUT2D eigenvalue weighted by Gasteiger charge is 2.09. The monoisotopic (exact) mass is 250 g/mol. The van der Waals surface area contributed by atoms with Crippen LogP contribution in [0.5, 0.6) is 5.75 Å². The van der Waals surface area contributed by atoms with E-state index in [1.54, 1.807) is 24.3 Å². The lowest BCUT2D eigenvalue weighted by molar-refractivity contribution is -0.129. The van der Waals surface area contributed by atoms with E-state index in [0.29, 0.717) is 11.3 Å². The Morgan fingerprint density at radius 1 is 1.11 bits per heavy atom. The lowest BCUT2D eigenvalue weighted by Gasteiger charge is -2.09. The van der Waals surface area contributed by atoms with Gasteiger partial charge in [-0.3, -0.25) is 25.2 Å². The van der Waals surface area contributed by atoms with Crippen molar-refractivity contribution in [2.45, 2.75) is 13.8 Å². The van der Waals surface area contributed by atoms with Gasteiger partial charge in [-0.15, -0.1) is 0 Å². The van der Waals surface area contributed by atoms with E-state index in [2.05, 4.69) is 10.9 Å². The standard InChI is InChI=1S/C12H14N2O4/c1-8(15)10-5-3-4-6-11(10)18-7-12(17)14-13-9(2)16/h3-6H,7H2,1-2H3,(H,13,16)(H,14,17). The lowest BCUT2D eigenvalue weighted by atomic mass is 10.1. The molecule has 0 aliphatic carbocycles. The number of amides is 2. The molecule has 1 aromatic carbocycles. The van der Waals surface area contributed by atoms with E-state index in [9.17, 15) is 14.4 Å². The van der Waals surface area contributed by atoms with Crippen LogP contribution in [0.1, 0.15) is 24.2 Å². The van der Waals surface area contributed by atoms with Gasteiger partial charge >= 0.3 is 0 Å². The molecule has 0 aliphatic heterocycles. The van der Waals surface area contributed by atoms with E-state index < -0.39 is 5.91 Å². The fraction of sp³-hybridized carbons (Fsp3) is 0.250. The summed E-state index contributed by atoms with van der Waals surface area (Å²) in [6, 6.07) is 6.63. The predicted molar refractivity (Wildman–Crippen MR) is 63.9 cm³/mol. The molecule has 0 saturated carbocycles. The molecule has 0 aliphatic rings. The van der Waals surface area contributed by atoms with Crippen molar-refractivity contribution in [1.29, 1.82) is 0 Å². The van der Waals surface area contributed by atoms with Gasteiger partial charge in [0.1, 0.15) is 5.75 Å². The zero-order valence-corrected chi connectivity index (χ0v) is 10.1. The Morgan fingerprint density at radius 2 is 1.78 bits per heavy atom. The normalized spacial score (nSPS) is 9.44. The number of ether oxygens (including phenoxy) is 1. The summed E-state index contributed by atoms with van der Waals surface area (Å²) in [6.45, 7) is 2.40. The average molecular weight is 250 g/mol. The fourth-order valence-electron chi connectivity index (χ4n) is 1.22. The van der Waals surface area contributed by atoms with E-state index in [4.69, 9.17) is 4.74 Å². The number of hydrogen-bond acceptors (Lipinski definition) is 4. The highest BCUT2D eigenvalue weighted by molar-refractivity contribution is 5.96. The van der Waals surface area contributed by atoms with E-state index >= 15 is 0 Å². The van der Waals surface area contributed by atoms with Crippen LogP contribution in [-0.2, 0) is 9.59 Å². The Bertz CT molecular complexity index is 471. The topological polar surface area (TPSA) is 84.5 Å². The summed E-state index contributed by atoms with van der Waals surface area (Å²) < 4.78 is 5.21. The second kappa shape index (κ2) is 6.39. The highest BCUT2D eigenvalue weighted by Crippen LogP contribution is 2.17. The molecule has 0 bridgehead atoms. The molecule has 0 aromatic heterocycles. The number of Topliss-reactive ketones (excluding diaryl/α,β-unsaturated/α-hetero) is 1. The number of carbonyl (C=O) groups is 3. The van der Waals surface area contributed by atoms with Gasteiger partial charge in [-0.05, 0) is 19.1 Å². The molecule has 2 N–H and O–H groups in total. The summed E-state index contributed by atoms with van der Waals surface area (Å²) in [5.41, 5.74) is 4.69. The Hall–Kier alpha value is -2.37.